The molecule has 0 spiro atoms. The first-order valence-electron chi connectivity index (χ1n) is 5.84. The van der Waals surface area contributed by atoms with E-state index < -0.39 is 5.54 Å². The Labute approximate surface area is 106 Å². The first-order chi connectivity index (χ1) is 7.99. The van der Waals surface area contributed by atoms with Crippen molar-refractivity contribution in [1.29, 1.82) is 0 Å². The molecular weight excluding hydrogens is 236 g/mol. The fourth-order valence-electron chi connectivity index (χ4n) is 1.75. The van der Waals surface area contributed by atoms with Crippen molar-refractivity contribution < 1.29 is 4.79 Å². The molecule has 1 aromatic rings. The first-order valence-corrected chi connectivity index (χ1v) is 6.22. The molecule has 3 N–H and O–H groups in total. The van der Waals surface area contributed by atoms with Gasteiger partial charge in [0.2, 0.25) is 5.91 Å². The van der Waals surface area contributed by atoms with Crippen LogP contribution in [-0.4, -0.2) is 17.5 Å². The fourth-order valence-corrected chi connectivity index (χ4v) is 1.88. The third kappa shape index (κ3) is 3.20. The zero-order valence-corrected chi connectivity index (χ0v) is 10.6. The van der Waals surface area contributed by atoms with E-state index in [9.17, 15) is 4.79 Å². The molecule has 1 amide bonds. The highest BCUT2D eigenvalue weighted by atomic mass is 35.5. The van der Waals surface area contributed by atoms with Crippen LogP contribution in [0.1, 0.15) is 25.3 Å². The zero-order valence-electron chi connectivity index (χ0n) is 9.87. The maximum atomic E-state index is 11.7. The molecule has 0 bridgehead atoms. The van der Waals surface area contributed by atoms with Gasteiger partial charge in [-0.05, 0) is 43.9 Å². The third-order valence-electron chi connectivity index (χ3n) is 3.07. The zero-order chi connectivity index (χ0) is 12.5. The predicted molar refractivity (Wildman–Crippen MR) is 68.9 cm³/mol. The molecule has 1 aromatic carbocycles. The lowest BCUT2D eigenvalue weighted by Gasteiger charge is -2.17. The monoisotopic (exact) mass is 252 g/mol. The third-order valence-corrected chi connectivity index (χ3v) is 3.33. The minimum atomic E-state index is -0.589. The molecule has 0 aliphatic heterocycles. The average molecular weight is 253 g/mol. The lowest BCUT2D eigenvalue weighted by atomic mass is 10.1. The molecule has 1 atom stereocenters. The summed E-state index contributed by atoms with van der Waals surface area (Å²) in [5.41, 5.74) is 6.39. The van der Waals surface area contributed by atoms with Crippen LogP contribution in [0, 0.1) is 0 Å². The highest BCUT2D eigenvalue weighted by molar-refractivity contribution is 6.30. The molecule has 2 rings (SSSR count). The number of hydrogen-bond acceptors (Lipinski definition) is 2. The minimum Gasteiger partial charge on any atom is -0.352 e. The second-order valence-corrected chi connectivity index (χ2v) is 5.30. The number of benzene rings is 1. The van der Waals surface area contributed by atoms with Gasteiger partial charge in [-0.15, -0.1) is 0 Å². The SMILES string of the molecule is CC(Cc1ccc(Cl)cc1)NC(=O)C1(N)CC1. The Balaban J connectivity index is 1.86. The van der Waals surface area contributed by atoms with Crippen LogP contribution in [-0.2, 0) is 11.2 Å². The number of amides is 1. The quantitative estimate of drug-likeness (QED) is 0.860. The van der Waals surface area contributed by atoms with Crippen molar-refractivity contribution in [3.63, 3.8) is 0 Å². The average Bonchev–Trinajstić information content (AvgIpc) is 3.01. The van der Waals surface area contributed by atoms with Crippen LogP contribution in [0.25, 0.3) is 0 Å². The van der Waals surface area contributed by atoms with Gasteiger partial charge in [0.15, 0.2) is 0 Å². The van der Waals surface area contributed by atoms with Crippen LogP contribution in [0.15, 0.2) is 24.3 Å². The topological polar surface area (TPSA) is 55.1 Å². The number of nitrogens with one attached hydrogen (secondary N) is 1. The molecule has 1 unspecified atom stereocenters. The maximum Gasteiger partial charge on any atom is 0.240 e. The molecule has 3 nitrogen and oxygen atoms in total. The van der Waals surface area contributed by atoms with Crippen molar-refractivity contribution in [2.24, 2.45) is 5.73 Å². The van der Waals surface area contributed by atoms with Crippen LogP contribution >= 0.6 is 11.6 Å². The summed E-state index contributed by atoms with van der Waals surface area (Å²) in [7, 11) is 0. The number of carbonyl (C=O) groups excluding carboxylic acids is 1. The Bertz CT molecular complexity index is 412. The summed E-state index contributed by atoms with van der Waals surface area (Å²) < 4.78 is 0. The summed E-state index contributed by atoms with van der Waals surface area (Å²) in [5, 5.41) is 3.67. The number of halogens is 1. The summed E-state index contributed by atoms with van der Waals surface area (Å²) in [6, 6.07) is 7.75. The maximum absolute atomic E-state index is 11.7. The van der Waals surface area contributed by atoms with Crippen molar-refractivity contribution >= 4 is 17.5 Å². The lowest BCUT2D eigenvalue weighted by molar-refractivity contribution is -0.123. The van der Waals surface area contributed by atoms with Gasteiger partial charge < -0.3 is 11.1 Å². The molecule has 92 valence electrons. The van der Waals surface area contributed by atoms with Crippen LogP contribution in [0.5, 0.6) is 0 Å². The van der Waals surface area contributed by atoms with Crippen LogP contribution in [0.4, 0.5) is 0 Å². The number of carbonyl (C=O) groups is 1. The van der Waals surface area contributed by atoms with Gasteiger partial charge in [0.1, 0.15) is 0 Å². The van der Waals surface area contributed by atoms with Gasteiger partial charge >= 0.3 is 0 Å². The Morgan fingerprint density at radius 1 is 1.47 bits per heavy atom. The summed E-state index contributed by atoms with van der Waals surface area (Å²) in [4.78, 5) is 11.7. The molecule has 0 saturated heterocycles. The van der Waals surface area contributed by atoms with E-state index in [1.165, 1.54) is 0 Å². The largest absolute Gasteiger partial charge is 0.352 e. The van der Waals surface area contributed by atoms with Gasteiger partial charge in [0.05, 0.1) is 5.54 Å². The van der Waals surface area contributed by atoms with E-state index in [1.807, 2.05) is 31.2 Å². The van der Waals surface area contributed by atoms with Crippen LogP contribution in [0.3, 0.4) is 0 Å². The van der Waals surface area contributed by atoms with Crippen LogP contribution in [0.2, 0.25) is 5.02 Å². The van der Waals surface area contributed by atoms with E-state index in [0.717, 1.165) is 29.8 Å². The smallest absolute Gasteiger partial charge is 0.240 e. The van der Waals surface area contributed by atoms with Gasteiger partial charge in [0, 0.05) is 11.1 Å². The number of hydrogen-bond donors (Lipinski definition) is 2. The fraction of sp³-hybridized carbons (Fsp3) is 0.462. The van der Waals surface area contributed by atoms with E-state index in [4.69, 9.17) is 17.3 Å². The van der Waals surface area contributed by atoms with Gasteiger partial charge in [-0.2, -0.15) is 0 Å². The second-order valence-electron chi connectivity index (χ2n) is 4.86. The molecule has 1 saturated carbocycles. The molecule has 1 aliphatic carbocycles. The molecule has 1 aliphatic rings. The predicted octanol–water partition coefficient (Wildman–Crippen LogP) is 1.88. The first kappa shape index (κ1) is 12.4. The van der Waals surface area contributed by atoms with Crippen LogP contribution < -0.4 is 11.1 Å². The summed E-state index contributed by atoms with van der Waals surface area (Å²) >= 11 is 5.81. The minimum absolute atomic E-state index is 0.0287. The van der Waals surface area contributed by atoms with E-state index in [0.29, 0.717) is 0 Å². The molecule has 0 radical (unpaired) electrons. The Hall–Kier alpha value is -1.06. The molecule has 0 aromatic heterocycles. The van der Waals surface area contributed by atoms with Crippen molar-refractivity contribution in [2.45, 2.75) is 37.8 Å². The lowest BCUT2D eigenvalue weighted by Crippen LogP contribution is -2.46. The summed E-state index contributed by atoms with van der Waals surface area (Å²) in [6.45, 7) is 1.98. The molecule has 0 heterocycles. The number of nitrogens with two attached hydrogens (primary N) is 1. The number of rotatable bonds is 4. The summed E-state index contributed by atoms with van der Waals surface area (Å²) in [6.07, 6.45) is 2.39. The highest BCUT2D eigenvalue weighted by Crippen LogP contribution is 2.32. The Morgan fingerprint density at radius 3 is 2.59 bits per heavy atom. The van der Waals surface area contributed by atoms with Gasteiger partial charge in [-0.3, -0.25) is 4.79 Å². The highest BCUT2D eigenvalue weighted by Gasteiger charge is 2.46. The Kier molecular flexibility index (Phi) is 3.40. The van der Waals surface area contributed by atoms with Crippen molar-refractivity contribution in [1.82, 2.24) is 5.32 Å². The summed E-state index contributed by atoms with van der Waals surface area (Å²) in [5.74, 6) is -0.0287. The van der Waals surface area contributed by atoms with E-state index in [2.05, 4.69) is 5.32 Å². The standard InChI is InChI=1S/C13H17ClN2O/c1-9(16-12(17)13(15)6-7-13)8-10-2-4-11(14)5-3-10/h2-5,9H,6-8,15H2,1H3,(H,16,17). The molecule has 17 heavy (non-hydrogen) atoms. The normalized spacial score (nSPS) is 18.5. The van der Waals surface area contributed by atoms with E-state index in [-0.39, 0.29) is 11.9 Å². The molecule has 1 fully saturated rings. The van der Waals surface area contributed by atoms with E-state index >= 15 is 0 Å². The second kappa shape index (κ2) is 4.67. The van der Waals surface area contributed by atoms with Crippen molar-refractivity contribution in [2.75, 3.05) is 0 Å². The Morgan fingerprint density at radius 2 is 2.06 bits per heavy atom. The van der Waals surface area contributed by atoms with Gasteiger partial charge in [-0.25, -0.2) is 0 Å². The van der Waals surface area contributed by atoms with Crippen molar-refractivity contribution in [3.05, 3.63) is 34.9 Å². The molecular formula is C13H17ClN2O. The van der Waals surface area contributed by atoms with Crippen molar-refractivity contribution in [3.8, 4) is 0 Å². The van der Waals surface area contributed by atoms with Gasteiger partial charge in [0.25, 0.3) is 0 Å². The van der Waals surface area contributed by atoms with E-state index in [1.54, 1.807) is 0 Å². The molecule has 4 heteroatoms. The van der Waals surface area contributed by atoms with Gasteiger partial charge in [-0.1, -0.05) is 23.7 Å².